The summed E-state index contributed by atoms with van der Waals surface area (Å²) < 4.78 is 11.2. The van der Waals surface area contributed by atoms with Gasteiger partial charge >= 0.3 is 11.9 Å². The number of carbonyl (C=O) groups excluding carboxylic acids is 2. The highest BCUT2D eigenvalue weighted by Gasteiger charge is 2.54. The molecule has 4 heteroatoms. The fraction of sp³-hybridized carbons (Fsp3) is 0.684. The molecule has 4 fully saturated rings. The highest BCUT2D eigenvalue weighted by atomic mass is 16.6. The highest BCUT2D eigenvalue weighted by Crippen LogP contribution is 2.57. The first-order chi connectivity index (χ1) is 10.9. The maximum Gasteiger partial charge on any atom is 0.334 e. The summed E-state index contributed by atoms with van der Waals surface area (Å²) in [5.74, 6) is 0.321. The van der Waals surface area contributed by atoms with Gasteiger partial charge < -0.3 is 9.47 Å². The Morgan fingerprint density at radius 1 is 1.30 bits per heavy atom. The lowest BCUT2D eigenvalue weighted by Gasteiger charge is -2.51. The lowest BCUT2D eigenvalue weighted by Crippen LogP contribution is -2.47. The number of hydrogen-bond donors (Lipinski definition) is 0. The molecule has 0 radical (unpaired) electrons. The Hall–Kier alpha value is -1.58. The SMILES string of the molecule is C=C1C[C@H](OC(=O)C2CC2)C[C@]2(C)C[C@H]3OC(=O)C(=C)[C@H]3CC12. The predicted octanol–water partition coefficient (Wildman–Crippen LogP) is 3.17. The van der Waals surface area contributed by atoms with Crippen LogP contribution < -0.4 is 0 Å². The molecule has 1 saturated heterocycles. The number of ether oxygens (including phenoxy) is 2. The van der Waals surface area contributed by atoms with Crippen LogP contribution in [-0.2, 0) is 19.1 Å². The molecule has 0 N–H and O–H groups in total. The second-order valence-electron chi connectivity index (χ2n) is 8.12. The minimum atomic E-state index is -0.246. The van der Waals surface area contributed by atoms with Crippen molar-refractivity contribution in [2.75, 3.05) is 0 Å². The van der Waals surface area contributed by atoms with Gasteiger partial charge in [0, 0.05) is 17.9 Å². The third-order valence-corrected chi connectivity index (χ3v) is 6.29. The Labute approximate surface area is 136 Å². The number of esters is 2. The van der Waals surface area contributed by atoms with Gasteiger partial charge in [0.25, 0.3) is 0 Å². The molecule has 1 unspecified atom stereocenters. The van der Waals surface area contributed by atoms with Crippen LogP contribution >= 0.6 is 0 Å². The van der Waals surface area contributed by atoms with Crippen molar-refractivity contribution < 1.29 is 19.1 Å². The monoisotopic (exact) mass is 316 g/mol. The van der Waals surface area contributed by atoms with E-state index in [1.807, 2.05) is 0 Å². The van der Waals surface area contributed by atoms with Crippen LogP contribution in [-0.4, -0.2) is 24.1 Å². The van der Waals surface area contributed by atoms with Gasteiger partial charge in [0.15, 0.2) is 0 Å². The molecule has 0 aromatic heterocycles. The largest absolute Gasteiger partial charge is 0.462 e. The van der Waals surface area contributed by atoms with E-state index >= 15 is 0 Å². The number of fused-ring (bicyclic) bond motifs is 2. The minimum Gasteiger partial charge on any atom is -0.462 e. The van der Waals surface area contributed by atoms with Gasteiger partial charge in [-0.3, -0.25) is 4.79 Å². The van der Waals surface area contributed by atoms with E-state index in [4.69, 9.17) is 9.47 Å². The first-order valence-corrected chi connectivity index (χ1v) is 8.65. The average molecular weight is 316 g/mol. The fourth-order valence-electron chi connectivity index (χ4n) is 4.86. The van der Waals surface area contributed by atoms with Crippen LogP contribution in [0.25, 0.3) is 0 Å². The molecule has 0 bridgehead atoms. The van der Waals surface area contributed by atoms with Gasteiger partial charge in [-0.2, -0.15) is 0 Å². The van der Waals surface area contributed by atoms with Crippen LogP contribution in [0, 0.1) is 23.2 Å². The van der Waals surface area contributed by atoms with Crippen LogP contribution in [0.2, 0.25) is 0 Å². The topological polar surface area (TPSA) is 52.6 Å². The second kappa shape index (κ2) is 4.96. The van der Waals surface area contributed by atoms with Crippen molar-refractivity contribution >= 4 is 11.9 Å². The maximum atomic E-state index is 12.0. The fourth-order valence-corrected chi connectivity index (χ4v) is 4.86. The van der Waals surface area contributed by atoms with E-state index in [9.17, 15) is 9.59 Å². The highest BCUT2D eigenvalue weighted by molar-refractivity contribution is 5.90. The van der Waals surface area contributed by atoms with Gasteiger partial charge in [0.05, 0.1) is 5.92 Å². The third-order valence-electron chi connectivity index (χ3n) is 6.29. The zero-order chi connectivity index (χ0) is 16.4. The van der Waals surface area contributed by atoms with Gasteiger partial charge in [-0.1, -0.05) is 25.7 Å². The summed E-state index contributed by atoms with van der Waals surface area (Å²) in [7, 11) is 0. The average Bonchev–Trinajstić information content (AvgIpc) is 3.26. The molecular weight excluding hydrogens is 292 g/mol. The van der Waals surface area contributed by atoms with Crippen molar-refractivity contribution in [3.63, 3.8) is 0 Å². The van der Waals surface area contributed by atoms with E-state index in [1.165, 1.54) is 0 Å². The molecule has 0 spiro atoms. The third kappa shape index (κ3) is 2.43. The summed E-state index contributed by atoms with van der Waals surface area (Å²) in [6, 6.07) is 0. The molecule has 0 amide bonds. The molecule has 0 aromatic carbocycles. The van der Waals surface area contributed by atoms with E-state index in [0.717, 1.165) is 44.1 Å². The summed E-state index contributed by atoms with van der Waals surface area (Å²) in [4.78, 5) is 23.8. The molecule has 1 aliphatic heterocycles. The molecule has 3 saturated carbocycles. The molecule has 124 valence electrons. The maximum absolute atomic E-state index is 12.0. The van der Waals surface area contributed by atoms with Crippen molar-refractivity contribution in [2.45, 2.75) is 57.7 Å². The van der Waals surface area contributed by atoms with Crippen LogP contribution in [0.15, 0.2) is 24.3 Å². The second-order valence-corrected chi connectivity index (χ2v) is 8.12. The van der Waals surface area contributed by atoms with Gasteiger partial charge in [0.1, 0.15) is 12.2 Å². The Morgan fingerprint density at radius 2 is 2.04 bits per heavy atom. The van der Waals surface area contributed by atoms with Crippen molar-refractivity contribution in [3.05, 3.63) is 24.3 Å². The van der Waals surface area contributed by atoms with E-state index in [1.54, 1.807) is 0 Å². The van der Waals surface area contributed by atoms with Crippen LogP contribution in [0.3, 0.4) is 0 Å². The lowest BCUT2D eigenvalue weighted by atomic mass is 9.55. The van der Waals surface area contributed by atoms with Crippen molar-refractivity contribution in [2.24, 2.45) is 23.2 Å². The van der Waals surface area contributed by atoms with E-state index < -0.39 is 0 Å². The zero-order valence-electron chi connectivity index (χ0n) is 13.7. The van der Waals surface area contributed by atoms with Crippen LogP contribution in [0.4, 0.5) is 0 Å². The number of rotatable bonds is 2. The van der Waals surface area contributed by atoms with E-state index in [2.05, 4.69) is 20.1 Å². The van der Waals surface area contributed by atoms with Crippen LogP contribution in [0.5, 0.6) is 0 Å². The van der Waals surface area contributed by atoms with Gasteiger partial charge in [-0.05, 0) is 43.4 Å². The van der Waals surface area contributed by atoms with E-state index in [0.29, 0.717) is 11.5 Å². The molecule has 5 atom stereocenters. The zero-order valence-corrected chi connectivity index (χ0v) is 13.7. The summed E-state index contributed by atoms with van der Waals surface area (Å²) in [6.45, 7) is 10.4. The van der Waals surface area contributed by atoms with Crippen molar-refractivity contribution in [1.82, 2.24) is 0 Å². The summed E-state index contributed by atoms with van der Waals surface area (Å²) in [6.07, 6.45) is 5.07. The van der Waals surface area contributed by atoms with Gasteiger partial charge in [-0.25, -0.2) is 4.79 Å². The standard InChI is InChI=1S/C19H24O4/c1-10-6-13(22-18(21)12-4-5-12)8-19(3)9-16-14(7-15(10)19)11(2)17(20)23-16/h12-16H,1-2,4-9H2,3H3/t13-,14+,15?,16+,19+/m0/s1. The molecule has 4 rings (SSSR count). The number of carbonyl (C=O) groups is 2. The molecule has 1 heterocycles. The molecule has 4 nitrogen and oxygen atoms in total. The Bertz CT molecular complexity index is 602. The molecule has 0 aromatic rings. The molecular formula is C19H24O4. The number of hydrogen-bond acceptors (Lipinski definition) is 4. The summed E-state index contributed by atoms with van der Waals surface area (Å²) in [5.41, 5.74) is 1.75. The van der Waals surface area contributed by atoms with Crippen molar-refractivity contribution in [1.29, 1.82) is 0 Å². The van der Waals surface area contributed by atoms with Crippen molar-refractivity contribution in [3.8, 4) is 0 Å². The quantitative estimate of drug-likeness (QED) is 0.446. The van der Waals surface area contributed by atoms with Crippen LogP contribution in [0.1, 0.15) is 45.4 Å². The molecule has 3 aliphatic carbocycles. The van der Waals surface area contributed by atoms with Gasteiger partial charge in [-0.15, -0.1) is 0 Å². The first-order valence-electron chi connectivity index (χ1n) is 8.65. The Morgan fingerprint density at radius 3 is 2.74 bits per heavy atom. The minimum absolute atomic E-state index is 0.0180. The summed E-state index contributed by atoms with van der Waals surface area (Å²) >= 11 is 0. The smallest absolute Gasteiger partial charge is 0.334 e. The summed E-state index contributed by atoms with van der Waals surface area (Å²) in [5, 5.41) is 0. The lowest BCUT2D eigenvalue weighted by molar-refractivity contribution is -0.156. The Kier molecular flexibility index (Phi) is 3.23. The van der Waals surface area contributed by atoms with Gasteiger partial charge in [0.2, 0.25) is 0 Å². The van der Waals surface area contributed by atoms with E-state index in [-0.39, 0.29) is 41.4 Å². The first kappa shape index (κ1) is 15.0. The molecule has 23 heavy (non-hydrogen) atoms. The predicted molar refractivity (Wildman–Crippen MR) is 84.3 cm³/mol. The Balaban J connectivity index is 1.51. The molecule has 4 aliphatic rings. The normalized spacial score (nSPS) is 42.7.